The lowest BCUT2D eigenvalue weighted by molar-refractivity contribution is 0.0793. The summed E-state index contributed by atoms with van der Waals surface area (Å²) in [6, 6.07) is 10.5. The molecule has 0 bridgehead atoms. The molecule has 2 heterocycles. The number of carbonyl (C=O) groups excluding carboxylic acids is 1. The van der Waals surface area contributed by atoms with Gasteiger partial charge < -0.3 is 14.4 Å². The van der Waals surface area contributed by atoms with Crippen LogP contribution < -0.4 is 5.63 Å². The van der Waals surface area contributed by atoms with Crippen LogP contribution in [0.1, 0.15) is 34.3 Å². The fourth-order valence-corrected chi connectivity index (χ4v) is 3.76. The van der Waals surface area contributed by atoms with Crippen molar-refractivity contribution in [2.45, 2.75) is 26.7 Å². The average molecular weight is 363 g/mol. The van der Waals surface area contributed by atoms with Gasteiger partial charge in [-0.05, 0) is 62.1 Å². The first-order valence-electron chi connectivity index (χ1n) is 9.13. The number of benzene rings is 2. The number of phenols is 1. The van der Waals surface area contributed by atoms with Gasteiger partial charge in [-0.2, -0.15) is 0 Å². The van der Waals surface area contributed by atoms with Gasteiger partial charge >= 0.3 is 5.63 Å². The topological polar surface area (TPSA) is 70.8 Å². The molecule has 4 rings (SSSR count). The summed E-state index contributed by atoms with van der Waals surface area (Å²) in [5.74, 6) is 0.134. The van der Waals surface area contributed by atoms with Crippen LogP contribution >= 0.6 is 0 Å². The Labute approximate surface area is 156 Å². The summed E-state index contributed by atoms with van der Waals surface area (Å²) in [6.45, 7) is 5.20. The van der Waals surface area contributed by atoms with Gasteiger partial charge in [-0.3, -0.25) is 4.79 Å². The molecule has 3 aromatic rings. The number of hydrogen-bond donors (Lipinski definition) is 1. The summed E-state index contributed by atoms with van der Waals surface area (Å²) >= 11 is 0. The number of hydrogen-bond acceptors (Lipinski definition) is 4. The third-order valence-electron chi connectivity index (χ3n) is 5.37. The zero-order valence-corrected chi connectivity index (χ0v) is 15.4. The Balaban J connectivity index is 1.77. The minimum atomic E-state index is -0.452. The molecule has 1 aliphatic rings. The van der Waals surface area contributed by atoms with Gasteiger partial charge in [-0.25, -0.2) is 4.79 Å². The number of amides is 1. The first-order chi connectivity index (χ1) is 13.0. The van der Waals surface area contributed by atoms with Gasteiger partial charge in [0.25, 0.3) is 5.91 Å². The summed E-state index contributed by atoms with van der Waals surface area (Å²) in [5, 5.41) is 10.6. The van der Waals surface area contributed by atoms with Gasteiger partial charge in [0.05, 0.1) is 5.56 Å². The van der Waals surface area contributed by atoms with Crippen molar-refractivity contribution in [2.75, 3.05) is 13.1 Å². The standard InChI is InChI=1S/C22H21NO4/c1-13-17-9-10-18(24)14(2)20(17)27-22(26)19(13)15-5-7-16(8-6-15)21(25)23-11-3-4-12-23/h5-10,24H,3-4,11-12H2,1-2H3. The number of aryl methyl sites for hydroxylation is 2. The maximum absolute atomic E-state index is 12.6. The number of phenolic OH excluding ortho intramolecular Hbond substituents is 1. The smallest absolute Gasteiger partial charge is 0.344 e. The van der Waals surface area contributed by atoms with E-state index in [1.165, 1.54) is 0 Å². The number of carbonyl (C=O) groups is 1. The predicted octanol–water partition coefficient (Wildman–Crippen LogP) is 4.02. The van der Waals surface area contributed by atoms with E-state index in [4.69, 9.17) is 4.42 Å². The minimum Gasteiger partial charge on any atom is -0.508 e. The Morgan fingerprint density at radius 1 is 1.00 bits per heavy atom. The molecule has 1 fully saturated rings. The van der Waals surface area contributed by atoms with Crippen molar-refractivity contribution >= 4 is 16.9 Å². The summed E-state index contributed by atoms with van der Waals surface area (Å²) in [4.78, 5) is 27.0. The molecule has 5 heteroatoms. The summed E-state index contributed by atoms with van der Waals surface area (Å²) < 4.78 is 5.51. The normalized spacial score (nSPS) is 14.1. The molecule has 0 unspecified atom stereocenters. The fraction of sp³-hybridized carbons (Fsp3) is 0.273. The molecule has 5 nitrogen and oxygen atoms in total. The van der Waals surface area contributed by atoms with Crippen LogP contribution in [0.2, 0.25) is 0 Å². The molecule has 138 valence electrons. The summed E-state index contributed by atoms with van der Waals surface area (Å²) in [7, 11) is 0. The Hall–Kier alpha value is -3.08. The average Bonchev–Trinajstić information content (AvgIpc) is 3.20. The molecular weight excluding hydrogens is 342 g/mol. The number of aromatic hydroxyl groups is 1. The second kappa shape index (κ2) is 6.58. The number of likely N-dealkylation sites (tertiary alicyclic amines) is 1. The molecule has 1 aromatic heterocycles. The first kappa shape index (κ1) is 17.3. The van der Waals surface area contributed by atoms with Crippen LogP contribution in [-0.2, 0) is 0 Å². The zero-order chi connectivity index (χ0) is 19.1. The SMILES string of the molecule is Cc1c(-c2ccc(C(=O)N3CCCC3)cc2)c(=O)oc2c(C)c(O)ccc12. The number of nitrogens with zero attached hydrogens (tertiary/aromatic N) is 1. The quantitative estimate of drug-likeness (QED) is 0.698. The lowest BCUT2D eigenvalue weighted by Gasteiger charge is -2.15. The summed E-state index contributed by atoms with van der Waals surface area (Å²) in [6.07, 6.45) is 2.10. The van der Waals surface area contributed by atoms with Gasteiger partial charge in [0.15, 0.2) is 0 Å². The van der Waals surface area contributed by atoms with Crippen molar-refractivity contribution in [2.24, 2.45) is 0 Å². The van der Waals surface area contributed by atoms with Crippen LogP contribution in [0.3, 0.4) is 0 Å². The van der Waals surface area contributed by atoms with Gasteiger partial charge in [0, 0.05) is 29.6 Å². The van der Waals surface area contributed by atoms with Crippen LogP contribution in [0.5, 0.6) is 5.75 Å². The van der Waals surface area contributed by atoms with Crippen molar-refractivity contribution in [1.29, 1.82) is 0 Å². The monoisotopic (exact) mass is 363 g/mol. The van der Waals surface area contributed by atoms with E-state index < -0.39 is 5.63 Å². The summed E-state index contributed by atoms with van der Waals surface area (Å²) in [5.41, 5.74) is 3.12. The molecule has 1 saturated heterocycles. The van der Waals surface area contributed by atoms with E-state index in [1.807, 2.05) is 11.8 Å². The highest BCUT2D eigenvalue weighted by atomic mass is 16.4. The van der Waals surface area contributed by atoms with Gasteiger partial charge in [0.2, 0.25) is 0 Å². The molecular formula is C22H21NO4. The van der Waals surface area contributed by atoms with Crippen molar-refractivity contribution in [3.8, 4) is 16.9 Å². The Morgan fingerprint density at radius 3 is 2.33 bits per heavy atom. The second-order valence-electron chi connectivity index (χ2n) is 7.05. The lowest BCUT2D eigenvalue weighted by Crippen LogP contribution is -2.27. The van der Waals surface area contributed by atoms with Gasteiger partial charge in [0.1, 0.15) is 11.3 Å². The Bertz CT molecular complexity index is 1090. The molecule has 0 atom stereocenters. The lowest BCUT2D eigenvalue weighted by atomic mass is 9.97. The molecule has 0 radical (unpaired) electrons. The van der Waals surface area contributed by atoms with E-state index in [-0.39, 0.29) is 11.7 Å². The minimum absolute atomic E-state index is 0.0346. The van der Waals surface area contributed by atoms with Crippen molar-refractivity contribution in [3.05, 3.63) is 63.5 Å². The second-order valence-corrected chi connectivity index (χ2v) is 7.05. The molecule has 0 saturated carbocycles. The Kier molecular flexibility index (Phi) is 4.22. The number of rotatable bonds is 2. The fourth-order valence-electron chi connectivity index (χ4n) is 3.76. The molecule has 2 aromatic carbocycles. The highest BCUT2D eigenvalue weighted by molar-refractivity contribution is 5.95. The molecule has 1 aliphatic heterocycles. The molecule has 1 N–H and O–H groups in total. The maximum atomic E-state index is 12.6. The highest BCUT2D eigenvalue weighted by Crippen LogP contribution is 2.31. The largest absolute Gasteiger partial charge is 0.508 e. The van der Waals surface area contributed by atoms with Crippen LogP contribution in [0.15, 0.2) is 45.6 Å². The Morgan fingerprint density at radius 2 is 1.67 bits per heavy atom. The van der Waals surface area contributed by atoms with Crippen LogP contribution in [-0.4, -0.2) is 29.0 Å². The number of fused-ring (bicyclic) bond motifs is 1. The third kappa shape index (κ3) is 2.89. The van der Waals surface area contributed by atoms with E-state index in [9.17, 15) is 14.7 Å². The van der Waals surface area contributed by atoms with E-state index in [1.54, 1.807) is 43.3 Å². The van der Waals surface area contributed by atoms with Gasteiger partial charge in [-0.15, -0.1) is 0 Å². The zero-order valence-electron chi connectivity index (χ0n) is 15.4. The molecule has 0 spiro atoms. The third-order valence-corrected chi connectivity index (χ3v) is 5.37. The molecule has 27 heavy (non-hydrogen) atoms. The van der Waals surface area contributed by atoms with E-state index in [2.05, 4.69) is 0 Å². The van der Waals surface area contributed by atoms with Crippen LogP contribution in [0.4, 0.5) is 0 Å². The van der Waals surface area contributed by atoms with Crippen molar-refractivity contribution in [3.63, 3.8) is 0 Å². The van der Waals surface area contributed by atoms with Crippen molar-refractivity contribution in [1.82, 2.24) is 4.90 Å². The van der Waals surface area contributed by atoms with E-state index in [0.29, 0.717) is 27.8 Å². The maximum Gasteiger partial charge on any atom is 0.344 e. The molecule has 0 aliphatic carbocycles. The van der Waals surface area contributed by atoms with Crippen molar-refractivity contribution < 1.29 is 14.3 Å². The van der Waals surface area contributed by atoms with E-state index >= 15 is 0 Å². The predicted molar refractivity (Wildman–Crippen MR) is 104 cm³/mol. The molecule has 1 amide bonds. The first-order valence-corrected chi connectivity index (χ1v) is 9.13. The van der Waals surface area contributed by atoms with E-state index in [0.717, 1.165) is 36.9 Å². The van der Waals surface area contributed by atoms with Gasteiger partial charge in [-0.1, -0.05) is 12.1 Å². The van der Waals surface area contributed by atoms with Crippen LogP contribution in [0.25, 0.3) is 22.1 Å². The highest BCUT2D eigenvalue weighted by Gasteiger charge is 2.20. The van der Waals surface area contributed by atoms with Crippen LogP contribution in [0, 0.1) is 13.8 Å².